The van der Waals surface area contributed by atoms with Gasteiger partial charge in [0, 0.05) is 25.3 Å². The molecule has 0 amide bonds. The monoisotopic (exact) mass is 221 g/mol. The summed E-state index contributed by atoms with van der Waals surface area (Å²) < 4.78 is 0. The fourth-order valence-corrected chi connectivity index (χ4v) is 1.66. The van der Waals surface area contributed by atoms with E-state index in [1.54, 1.807) is 0 Å². The molecule has 16 heavy (non-hydrogen) atoms. The minimum Gasteiger partial charge on any atom is -0.353 e. The molecule has 1 fully saturated rings. The molecule has 3 nitrogen and oxygen atoms in total. The molecule has 0 unspecified atom stereocenters. The molecule has 0 spiro atoms. The van der Waals surface area contributed by atoms with Crippen molar-refractivity contribution in [3.8, 4) is 0 Å². The van der Waals surface area contributed by atoms with E-state index in [1.165, 1.54) is 5.56 Å². The van der Waals surface area contributed by atoms with E-state index in [0.717, 1.165) is 25.3 Å². The molecular weight excluding hydrogens is 198 g/mol. The predicted molar refractivity (Wildman–Crippen MR) is 70.0 cm³/mol. The Morgan fingerprint density at radius 1 is 1.38 bits per heavy atom. The molecule has 2 rings (SSSR count). The third kappa shape index (κ3) is 2.95. The molecule has 2 heterocycles. The number of pyridine rings is 1. The molecule has 0 bridgehead atoms. The van der Waals surface area contributed by atoms with Gasteiger partial charge in [-0.3, -0.25) is 0 Å². The molecule has 1 aliphatic heterocycles. The van der Waals surface area contributed by atoms with E-state index in [4.69, 9.17) is 0 Å². The summed E-state index contributed by atoms with van der Waals surface area (Å²) in [6.45, 7) is 8.31. The maximum absolute atomic E-state index is 4.44. The molecule has 0 saturated carbocycles. The lowest BCUT2D eigenvalue weighted by atomic mass is 10.1. The summed E-state index contributed by atoms with van der Waals surface area (Å²) in [5.74, 6) is 1.11. The number of hydrogen-bond donors (Lipinski definition) is 1. The predicted octanol–water partition coefficient (Wildman–Crippen LogP) is 2.08. The Morgan fingerprint density at radius 3 is 2.50 bits per heavy atom. The Balaban J connectivity index is 0.000000606. The second-order valence-electron chi connectivity index (χ2n) is 3.77. The Bertz CT molecular complexity index is 289. The van der Waals surface area contributed by atoms with E-state index in [2.05, 4.69) is 34.3 Å². The first-order valence-electron chi connectivity index (χ1n) is 6.20. The van der Waals surface area contributed by atoms with E-state index in [1.807, 2.05) is 27.1 Å². The van der Waals surface area contributed by atoms with Crippen molar-refractivity contribution in [1.82, 2.24) is 10.3 Å². The summed E-state index contributed by atoms with van der Waals surface area (Å²) in [7, 11) is 2.01. The summed E-state index contributed by atoms with van der Waals surface area (Å²) in [6.07, 6.45) is 3.04. The highest BCUT2D eigenvalue weighted by molar-refractivity contribution is 5.43. The Labute approximate surface area is 98.9 Å². The standard InChI is InChI=1S/C11H17N3.C2H6/c1-3-9-4-5-11(13-6-9)14-7-10(8-14)12-2;1-2/h4-6,10,12H,3,7-8H2,1-2H3;1-2H3. The first kappa shape index (κ1) is 13.0. The van der Waals surface area contributed by atoms with Crippen molar-refractivity contribution >= 4 is 5.82 Å². The van der Waals surface area contributed by atoms with Gasteiger partial charge < -0.3 is 10.2 Å². The molecule has 3 heteroatoms. The first-order valence-corrected chi connectivity index (χ1v) is 6.20. The summed E-state index contributed by atoms with van der Waals surface area (Å²) in [5.41, 5.74) is 1.31. The van der Waals surface area contributed by atoms with Crippen LogP contribution in [0.5, 0.6) is 0 Å². The zero-order chi connectivity index (χ0) is 12.0. The zero-order valence-corrected chi connectivity index (χ0v) is 10.8. The fourth-order valence-electron chi connectivity index (χ4n) is 1.66. The number of likely N-dealkylation sites (N-methyl/N-ethyl adjacent to an activating group) is 1. The number of hydrogen-bond acceptors (Lipinski definition) is 3. The topological polar surface area (TPSA) is 28.2 Å². The Hall–Kier alpha value is -1.09. The summed E-state index contributed by atoms with van der Waals surface area (Å²) in [6, 6.07) is 4.92. The molecule has 1 aliphatic rings. The molecular formula is C13H23N3. The molecule has 0 aliphatic carbocycles. The summed E-state index contributed by atoms with van der Waals surface area (Å²) in [4.78, 5) is 6.73. The van der Waals surface area contributed by atoms with Crippen LogP contribution in [0.15, 0.2) is 18.3 Å². The van der Waals surface area contributed by atoms with Crippen molar-refractivity contribution in [2.45, 2.75) is 33.2 Å². The number of aryl methyl sites for hydroxylation is 1. The Morgan fingerprint density at radius 2 is 2.06 bits per heavy atom. The van der Waals surface area contributed by atoms with Crippen molar-refractivity contribution in [2.24, 2.45) is 0 Å². The smallest absolute Gasteiger partial charge is 0.128 e. The summed E-state index contributed by atoms with van der Waals surface area (Å²) in [5, 5.41) is 3.25. The molecule has 1 aromatic rings. The van der Waals surface area contributed by atoms with Gasteiger partial charge >= 0.3 is 0 Å². The van der Waals surface area contributed by atoms with E-state index in [9.17, 15) is 0 Å². The zero-order valence-electron chi connectivity index (χ0n) is 10.8. The Kier molecular flexibility index (Phi) is 5.26. The van der Waals surface area contributed by atoms with Crippen LogP contribution >= 0.6 is 0 Å². The lowest BCUT2D eigenvalue weighted by Gasteiger charge is -2.39. The van der Waals surface area contributed by atoms with Gasteiger partial charge in [-0.15, -0.1) is 0 Å². The number of rotatable bonds is 3. The van der Waals surface area contributed by atoms with Gasteiger partial charge in [-0.25, -0.2) is 4.98 Å². The molecule has 0 atom stereocenters. The van der Waals surface area contributed by atoms with Crippen molar-refractivity contribution in [3.05, 3.63) is 23.9 Å². The van der Waals surface area contributed by atoms with Gasteiger partial charge in [-0.2, -0.15) is 0 Å². The van der Waals surface area contributed by atoms with Crippen molar-refractivity contribution in [1.29, 1.82) is 0 Å². The largest absolute Gasteiger partial charge is 0.353 e. The van der Waals surface area contributed by atoms with E-state index in [-0.39, 0.29) is 0 Å². The van der Waals surface area contributed by atoms with E-state index in [0.29, 0.717) is 6.04 Å². The third-order valence-corrected chi connectivity index (χ3v) is 2.83. The van der Waals surface area contributed by atoms with Crippen LogP contribution in [0, 0.1) is 0 Å². The second-order valence-corrected chi connectivity index (χ2v) is 3.77. The molecule has 1 aromatic heterocycles. The van der Waals surface area contributed by atoms with Crippen LogP contribution in [0.1, 0.15) is 26.3 Å². The minimum absolute atomic E-state index is 0.641. The van der Waals surface area contributed by atoms with E-state index >= 15 is 0 Å². The second kappa shape index (κ2) is 6.48. The van der Waals surface area contributed by atoms with Crippen LogP contribution < -0.4 is 10.2 Å². The van der Waals surface area contributed by atoms with Crippen LogP contribution in [-0.4, -0.2) is 31.2 Å². The molecule has 1 N–H and O–H groups in total. The maximum atomic E-state index is 4.44. The number of nitrogens with zero attached hydrogens (tertiary/aromatic N) is 2. The highest BCUT2D eigenvalue weighted by Crippen LogP contribution is 2.18. The van der Waals surface area contributed by atoms with Crippen LogP contribution in [0.2, 0.25) is 0 Å². The average Bonchev–Trinajstić information content (AvgIpc) is 2.31. The van der Waals surface area contributed by atoms with Gasteiger partial charge in [-0.1, -0.05) is 26.8 Å². The quantitative estimate of drug-likeness (QED) is 0.847. The third-order valence-electron chi connectivity index (χ3n) is 2.83. The SMILES string of the molecule is CC.CCc1ccc(N2CC(NC)C2)nc1. The van der Waals surface area contributed by atoms with Gasteiger partial charge in [0.05, 0.1) is 0 Å². The number of anilines is 1. The first-order chi connectivity index (χ1) is 7.83. The lowest BCUT2D eigenvalue weighted by Crippen LogP contribution is -2.57. The van der Waals surface area contributed by atoms with Gasteiger partial charge in [0.1, 0.15) is 5.82 Å². The van der Waals surface area contributed by atoms with Gasteiger partial charge in [0.25, 0.3) is 0 Å². The van der Waals surface area contributed by atoms with Crippen molar-refractivity contribution in [3.63, 3.8) is 0 Å². The summed E-state index contributed by atoms with van der Waals surface area (Å²) >= 11 is 0. The van der Waals surface area contributed by atoms with Crippen LogP contribution in [0.25, 0.3) is 0 Å². The minimum atomic E-state index is 0.641. The fraction of sp³-hybridized carbons (Fsp3) is 0.615. The highest BCUT2D eigenvalue weighted by Gasteiger charge is 2.25. The van der Waals surface area contributed by atoms with Gasteiger partial charge in [0.15, 0.2) is 0 Å². The number of nitrogens with one attached hydrogen (secondary N) is 1. The molecule has 1 saturated heterocycles. The van der Waals surface area contributed by atoms with Crippen LogP contribution in [0.4, 0.5) is 5.82 Å². The van der Waals surface area contributed by atoms with Gasteiger partial charge in [0.2, 0.25) is 0 Å². The van der Waals surface area contributed by atoms with Gasteiger partial charge in [-0.05, 0) is 25.1 Å². The van der Waals surface area contributed by atoms with Crippen LogP contribution in [0.3, 0.4) is 0 Å². The van der Waals surface area contributed by atoms with Crippen molar-refractivity contribution < 1.29 is 0 Å². The molecule has 90 valence electrons. The average molecular weight is 221 g/mol. The maximum Gasteiger partial charge on any atom is 0.128 e. The van der Waals surface area contributed by atoms with Crippen molar-refractivity contribution in [2.75, 3.05) is 25.0 Å². The highest BCUT2D eigenvalue weighted by atomic mass is 15.3. The normalized spacial score (nSPS) is 15.1. The lowest BCUT2D eigenvalue weighted by molar-refractivity contribution is 0.447. The molecule has 0 radical (unpaired) electrons. The van der Waals surface area contributed by atoms with E-state index < -0.39 is 0 Å². The number of aromatic nitrogens is 1. The van der Waals surface area contributed by atoms with Crippen LogP contribution in [-0.2, 0) is 6.42 Å². The molecule has 0 aromatic carbocycles.